The molecule has 3 heterocycles. The lowest BCUT2D eigenvalue weighted by molar-refractivity contribution is 0.0767. The molecule has 0 bridgehead atoms. The van der Waals surface area contributed by atoms with Gasteiger partial charge in [-0.1, -0.05) is 18.2 Å². The number of hydrogen-bond donors (Lipinski definition) is 1. The maximum Gasteiger partial charge on any atom is 0.253 e. The topological polar surface area (TPSA) is 66.7 Å². The van der Waals surface area contributed by atoms with Crippen molar-refractivity contribution < 1.29 is 9.59 Å². The lowest BCUT2D eigenvalue weighted by Gasteiger charge is -2.20. The quantitative estimate of drug-likeness (QED) is 0.746. The second-order valence-electron chi connectivity index (χ2n) is 7.72. The van der Waals surface area contributed by atoms with E-state index in [-0.39, 0.29) is 11.8 Å². The van der Waals surface area contributed by atoms with Crippen LogP contribution in [0.25, 0.3) is 5.65 Å². The maximum absolute atomic E-state index is 12.5. The van der Waals surface area contributed by atoms with Crippen molar-refractivity contribution in [1.82, 2.24) is 19.6 Å². The summed E-state index contributed by atoms with van der Waals surface area (Å²) in [5.41, 5.74) is 2.24. The first kappa shape index (κ1) is 17.0. The van der Waals surface area contributed by atoms with Gasteiger partial charge in [-0.2, -0.15) is 0 Å². The van der Waals surface area contributed by atoms with Crippen LogP contribution in [0.15, 0.2) is 61.1 Å². The molecule has 1 saturated heterocycles. The number of aromatic nitrogens is 2. The van der Waals surface area contributed by atoms with Gasteiger partial charge in [-0.25, -0.2) is 4.98 Å². The minimum absolute atomic E-state index is 0.0534. The second kappa shape index (κ2) is 6.78. The number of carbonyl (C=O) groups is 2. The third-order valence-corrected chi connectivity index (χ3v) is 6.09. The number of nitrogens with one attached hydrogen (secondary N) is 1. The first-order valence-electron chi connectivity index (χ1n) is 9.76. The van der Waals surface area contributed by atoms with E-state index in [0.29, 0.717) is 29.9 Å². The van der Waals surface area contributed by atoms with Crippen LogP contribution in [0.4, 0.5) is 0 Å². The molecule has 0 radical (unpaired) electrons. The van der Waals surface area contributed by atoms with E-state index in [0.717, 1.165) is 30.7 Å². The Hall–Kier alpha value is -3.15. The van der Waals surface area contributed by atoms with Gasteiger partial charge in [0.25, 0.3) is 11.8 Å². The van der Waals surface area contributed by atoms with Gasteiger partial charge in [-0.15, -0.1) is 0 Å². The summed E-state index contributed by atoms with van der Waals surface area (Å²) in [7, 11) is 0. The molecule has 1 aliphatic heterocycles. The molecule has 6 nitrogen and oxygen atoms in total. The molecule has 2 fully saturated rings. The Labute approximate surface area is 163 Å². The lowest BCUT2D eigenvalue weighted by Crippen LogP contribution is -2.32. The molecule has 1 aromatic carbocycles. The number of hydrogen-bond acceptors (Lipinski definition) is 3. The zero-order valence-corrected chi connectivity index (χ0v) is 15.5. The second-order valence-corrected chi connectivity index (χ2v) is 7.72. The number of likely N-dealkylation sites (tertiary alicyclic amines) is 1. The van der Waals surface area contributed by atoms with Gasteiger partial charge < -0.3 is 14.6 Å². The molecule has 1 N–H and O–H groups in total. The first-order valence-corrected chi connectivity index (χ1v) is 9.76. The smallest absolute Gasteiger partial charge is 0.253 e. The molecule has 2 unspecified atom stereocenters. The largest absolute Gasteiger partial charge is 0.352 e. The predicted octanol–water partition coefficient (Wildman–Crippen LogP) is 2.47. The van der Waals surface area contributed by atoms with E-state index in [1.54, 1.807) is 18.5 Å². The highest BCUT2D eigenvalue weighted by Gasteiger charge is 2.55. The Morgan fingerprint density at radius 1 is 1.04 bits per heavy atom. The van der Waals surface area contributed by atoms with E-state index in [9.17, 15) is 9.59 Å². The van der Waals surface area contributed by atoms with Crippen molar-refractivity contribution >= 4 is 17.5 Å². The fourth-order valence-electron chi connectivity index (χ4n) is 4.52. The van der Waals surface area contributed by atoms with Crippen LogP contribution in [0.3, 0.4) is 0 Å². The molecule has 5 rings (SSSR count). The van der Waals surface area contributed by atoms with Crippen molar-refractivity contribution in [2.75, 3.05) is 19.6 Å². The summed E-state index contributed by atoms with van der Waals surface area (Å²) in [6.45, 7) is 2.35. The van der Waals surface area contributed by atoms with Gasteiger partial charge in [-0.05, 0) is 48.4 Å². The van der Waals surface area contributed by atoms with Gasteiger partial charge in [0.2, 0.25) is 0 Å². The Morgan fingerprint density at radius 3 is 2.61 bits per heavy atom. The Kier molecular flexibility index (Phi) is 4.11. The summed E-state index contributed by atoms with van der Waals surface area (Å²) in [5.74, 6) is 1.88. The number of imidazole rings is 1. The Bertz CT molecular complexity index is 1020. The van der Waals surface area contributed by atoms with E-state index < -0.39 is 0 Å². The number of piperidine rings is 1. The Balaban J connectivity index is 1.09. The summed E-state index contributed by atoms with van der Waals surface area (Å²) < 4.78 is 1.85. The monoisotopic (exact) mass is 374 g/mol. The van der Waals surface area contributed by atoms with Crippen LogP contribution < -0.4 is 5.32 Å². The van der Waals surface area contributed by atoms with Crippen LogP contribution in [-0.2, 0) is 0 Å². The minimum Gasteiger partial charge on any atom is -0.352 e. The molecular formula is C22H22N4O2. The van der Waals surface area contributed by atoms with E-state index in [2.05, 4.69) is 10.3 Å². The highest BCUT2D eigenvalue weighted by Crippen LogP contribution is 2.53. The van der Waals surface area contributed by atoms with Crippen molar-refractivity contribution in [3.8, 4) is 0 Å². The fourth-order valence-corrected chi connectivity index (χ4v) is 4.52. The number of benzene rings is 1. The van der Waals surface area contributed by atoms with Crippen molar-refractivity contribution in [3.05, 3.63) is 72.2 Å². The zero-order valence-electron chi connectivity index (χ0n) is 15.5. The van der Waals surface area contributed by atoms with Gasteiger partial charge in [0.15, 0.2) is 0 Å². The van der Waals surface area contributed by atoms with Gasteiger partial charge in [0.1, 0.15) is 5.65 Å². The fraction of sp³-hybridized carbons (Fsp3) is 0.318. The number of amides is 2. The van der Waals surface area contributed by atoms with Gasteiger partial charge >= 0.3 is 0 Å². The van der Waals surface area contributed by atoms with Crippen LogP contribution in [0.2, 0.25) is 0 Å². The third-order valence-electron chi connectivity index (χ3n) is 6.09. The average Bonchev–Trinajstić information content (AvgIpc) is 3.10. The number of carbonyl (C=O) groups excluding carboxylic acids is 2. The molecule has 0 spiro atoms. The summed E-state index contributed by atoms with van der Waals surface area (Å²) in [6.07, 6.45) is 6.33. The Morgan fingerprint density at radius 2 is 1.82 bits per heavy atom. The van der Waals surface area contributed by atoms with E-state index in [4.69, 9.17) is 0 Å². The number of rotatable bonds is 5. The standard InChI is InChI=1S/C22H22N4O2/c27-21(16-6-7-20-23-10-11-25(20)12-16)24-9-8-17-18-13-26(14-19(17)18)22(28)15-4-2-1-3-5-15/h1-7,10-12,17-19H,8-9,13-14H2,(H,24,27). The number of pyridine rings is 1. The highest BCUT2D eigenvalue weighted by atomic mass is 16.2. The van der Waals surface area contributed by atoms with Crippen LogP contribution in [0, 0.1) is 17.8 Å². The SMILES string of the molecule is O=C(NCCC1C2CN(C(=O)c3ccccc3)CC12)c1ccc2nccn2c1. The van der Waals surface area contributed by atoms with Crippen molar-refractivity contribution in [1.29, 1.82) is 0 Å². The number of fused-ring (bicyclic) bond motifs is 2. The average molecular weight is 374 g/mol. The lowest BCUT2D eigenvalue weighted by atomic mass is 10.1. The van der Waals surface area contributed by atoms with E-state index in [1.807, 2.05) is 51.9 Å². The van der Waals surface area contributed by atoms with Crippen molar-refractivity contribution in [3.63, 3.8) is 0 Å². The molecule has 1 saturated carbocycles. The molecule has 2 aromatic heterocycles. The van der Waals surface area contributed by atoms with E-state index in [1.165, 1.54) is 0 Å². The van der Waals surface area contributed by atoms with Crippen LogP contribution in [0.5, 0.6) is 0 Å². The van der Waals surface area contributed by atoms with Crippen LogP contribution in [0.1, 0.15) is 27.1 Å². The molecule has 2 aliphatic rings. The predicted molar refractivity (Wildman–Crippen MR) is 105 cm³/mol. The summed E-state index contributed by atoms with van der Waals surface area (Å²) in [5, 5.41) is 3.02. The number of nitrogens with zero attached hydrogens (tertiary/aromatic N) is 3. The van der Waals surface area contributed by atoms with Crippen LogP contribution in [-0.4, -0.2) is 45.7 Å². The van der Waals surface area contributed by atoms with Gasteiger partial charge in [0.05, 0.1) is 5.56 Å². The molecule has 3 aromatic rings. The molecule has 6 heteroatoms. The molecule has 28 heavy (non-hydrogen) atoms. The van der Waals surface area contributed by atoms with Crippen molar-refractivity contribution in [2.45, 2.75) is 6.42 Å². The minimum atomic E-state index is -0.0534. The summed E-state index contributed by atoms with van der Waals surface area (Å²) in [4.78, 5) is 31.0. The highest BCUT2D eigenvalue weighted by molar-refractivity contribution is 5.95. The van der Waals surface area contributed by atoms with Crippen molar-refractivity contribution in [2.24, 2.45) is 17.8 Å². The molecule has 1 aliphatic carbocycles. The molecule has 2 amide bonds. The molecule has 142 valence electrons. The normalized spacial score (nSPS) is 22.9. The maximum atomic E-state index is 12.5. The first-order chi connectivity index (χ1) is 13.7. The molecular weight excluding hydrogens is 352 g/mol. The van der Waals surface area contributed by atoms with Gasteiger partial charge in [0, 0.05) is 43.8 Å². The summed E-state index contributed by atoms with van der Waals surface area (Å²) >= 11 is 0. The zero-order chi connectivity index (χ0) is 19.1. The van der Waals surface area contributed by atoms with E-state index >= 15 is 0 Å². The summed E-state index contributed by atoms with van der Waals surface area (Å²) in [6, 6.07) is 13.1. The third kappa shape index (κ3) is 3.05. The van der Waals surface area contributed by atoms with Crippen LogP contribution >= 0.6 is 0 Å². The van der Waals surface area contributed by atoms with Gasteiger partial charge in [-0.3, -0.25) is 9.59 Å². The molecule has 2 atom stereocenters.